The molecule has 0 aliphatic heterocycles. The summed E-state index contributed by atoms with van der Waals surface area (Å²) in [6.45, 7) is 4.84. The molecule has 444 valence electrons. The topological polar surface area (TPSA) is 105 Å². The number of quaternary nitrogens is 1. The third-order valence-electron chi connectivity index (χ3n) is 15.1. The number of unbranched alkanes of at least 4 members (excludes halogenated alkanes) is 44. The van der Waals surface area contributed by atoms with Gasteiger partial charge in [0, 0.05) is 6.42 Å². The van der Waals surface area contributed by atoms with Crippen LogP contribution in [-0.2, 0) is 18.4 Å². The predicted octanol–water partition coefficient (Wildman–Crippen LogP) is 20.5. The highest BCUT2D eigenvalue weighted by Gasteiger charge is 2.28. The number of hydrogen-bond donors (Lipinski definition) is 3. The summed E-state index contributed by atoms with van der Waals surface area (Å²) in [5.41, 5.74) is 0. The Morgan fingerprint density at radius 3 is 1.07 bits per heavy atom. The molecule has 0 radical (unpaired) electrons. The van der Waals surface area contributed by atoms with Gasteiger partial charge < -0.3 is 19.8 Å². The molecular weight excluding hydrogens is 948 g/mol. The highest BCUT2D eigenvalue weighted by Crippen LogP contribution is 2.43. The van der Waals surface area contributed by atoms with Crippen molar-refractivity contribution in [2.75, 3.05) is 40.9 Å². The number of aliphatic hydroxyl groups is 1. The molecule has 8 nitrogen and oxygen atoms in total. The molecule has 0 aromatic carbocycles. The smallest absolute Gasteiger partial charge is 0.387 e. The summed E-state index contributed by atoms with van der Waals surface area (Å²) in [5.74, 6) is -0.184. The minimum atomic E-state index is -4.36. The van der Waals surface area contributed by atoms with Crippen LogP contribution in [0.4, 0.5) is 0 Å². The van der Waals surface area contributed by atoms with Crippen LogP contribution in [0.1, 0.15) is 328 Å². The lowest BCUT2D eigenvalue weighted by Gasteiger charge is -2.25. The molecule has 0 heterocycles. The van der Waals surface area contributed by atoms with Gasteiger partial charge in [-0.3, -0.25) is 13.8 Å². The van der Waals surface area contributed by atoms with Crippen LogP contribution in [0.15, 0.2) is 36.5 Å². The van der Waals surface area contributed by atoms with E-state index in [1.807, 2.05) is 27.2 Å². The zero-order chi connectivity index (χ0) is 54.9. The fraction of sp³-hybridized carbons (Fsp3) is 0.894. The number of aliphatic hydroxyl groups excluding tert-OH is 1. The van der Waals surface area contributed by atoms with E-state index in [4.69, 9.17) is 9.05 Å². The number of rotatable bonds is 61. The first-order valence-electron chi connectivity index (χ1n) is 32.9. The second-order valence-electron chi connectivity index (χ2n) is 23.8. The average molecular weight is 1080 g/mol. The van der Waals surface area contributed by atoms with Gasteiger partial charge in [0.1, 0.15) is 13.2 Å². The number of carbonyl (C=O) groups excluding carboxylic acids is 1. The number of likely N-dealkylation sites (N-methyl/N-ethyl adjacent to an activating group) is 1. The molecule has 0 aromatic rings. The molecule has 3 unspecified atom stereocenters. The van der Waals surface area contributed by atoms with Crippen molar-refractivity contribution < 1.29 is 32.9 Å². The van der Waals surface area contributed by atoms with Crippen LogP contribution in [0.25, 0.3) is 0 Å². The largest absolute Gasteiger partial charge is 0.472 e. The molecule has 0 aromatic heterocycles. The quantitative estimate of drug-likeness (QED) is 0.0243. The molecule has 0 bridgehead atoms. The first kappa shape index (κ1) is 73.7. The number of allylic oxidation sites excluding steroid dienone is 5. The van der Waals surface area contributed by atoms with E-state index in [1.54, 1.807) is 6.08 Å². The maximum atomic E-state index is 13.0. The number of phosphoric acid groups is 1. The molecule has 0 aliphatic carbocycles. The van der Waals surface area contributed by atoms with E-state index in [2.05, 4.69) is 43.5 Å². The van der Waals surface area contributed by atoms with Crippen LogP contribution in [0.2, 0.25) is 0 Å². The third kappa shape index (κ3) is 60.2. The Labute approximate surface area is 467 Å². The number of nitrogens with one attached hydrogen (secondary N) is 1. The van der Waals surface area contributed by atoms with Gasteiger partial charge in [-0.2, -0.15) is 0 Å². The van der Waals surface area contributed by atoms with E-state index in [-0.39, 0.29) is 19.1 Å². The molecule has 0 spiro atoms. The maximum Gasteiger partial charge on any atom is 0.472 e. The lowest BCUT2D eigenvalue weighted by atomic mass is 10.0. The summed E-state index contributed by atoms with van der Waals surface area (Å²) in [6, 6.07) is -0.869. The number of phosphoric ester groups is 1. The lowest BCUT2D eigenvalue weighted by Crippen LogP contribution is -2.45. The third-order valence-corrected chi connectivity index (χ3v) is 16.1. The van der Waals surface area contributed by atoms with Crippen molar-refractivity contribution in [3.63, 3.8) is 0 Å². The standard InChI is InChI=1S/C66H129N2O6P/c1-6-8-10-12-14-16-18-20-22-24-26-28-30-32-33-34-36-38-40-42-44-46-48-50-52-54-56-58-60-66(70)67-64(63-74-75(71,72)73-62-61-68(3,4)5)65(69)59-57-55-53-51-49-47-45-43-41-39-37-35-31-29-27-25-23-21-19-17-15-13-11-9-7-2/h41,43,49,51,57,59,64-65,69H,6-40,42,44-48,50,52-56,58,60-63H2,1-5H3,(H-,67,70,71,72)/p+1/b43-41+,51-49+,59-57+. The summed E-state index contributed by atoms with van der Waals surface area (Å²) in [6.07, 6.45) is 75.7. The second-order valence-corrected chi connectivity index (χ2v) is 25.3. The van der Waals surface area contributed by atoms with Crippen molar-refractivity contribution >= 4 is 13.7 Å². The summed E-state index contributed by atoms with van der Waals surface area (Å²) < 4.78 is 23.8. The zero-order valence-electron chi connectivity index (χ0n) is 50.8. The zero-order valence-corrected chi connectivity index (χ0v) is 51.7. The Morgan fingerprint density at radius 1 is 0.440 bits per heavy atom. The first-order valence-corrected chi connectivity index (χ1v) is 34.4. The normalized spacial score (nSPS) is 14.0. The van der Waals surface area contributed by atoms with Crippen molar-refractivity contribution in [3.8, 4) is 0 Å². The number of nitrogens with zero attached hydrogens (tertiary/aromatic N) is 1. The van der Waals surface area contributed by atoms with Crippen LogP contribution in [-0.4, -0.2) is 73.4 Å². The van der Waals surface area contributed by atoms with Crippen molar-refractivity contribution in [1.29, 1.82) is 0 Å². The van der Waals surface area contributed by atoms with E-state index in [0.717, 1.165) is 44.9 Å². The van der Waals surface area contributed by atoms with Gasteiger partial charge in [0.05, 0.1) is 39.9 Å². The van der Waals surface area contributed by atoms with Crippen LogP contribution in [0.3, 0.4) is 0 Å². The first-order chi connectivity index (χ1) is 36.5. The van der Waals surface area contributed by atoms with E-state index < -0.39 is 20.0 Å². The Hall–Kier alpha value is -1.28. The molecule has 3 atom stereocenters. The van der Waals surface area contributed by atoms with Crippen molar-refractivity contribution in [1.82, 2.24) is 5.32 Å². The Bertz CT molecular complexity index is 1320. The van der Waals surface area contributed by atoms with Gasteiger partial charge in [0.2, 0.25) is 5.91 Å². The predicted molar refractivity (Wildman–Crippen MR) is 328 cm³/mol. The van der Waals surface area contributed by atoms with E-state index in [0.29, 0.717) is 17.4 Å². The highest BCUT2D eigenvalue weighted by molar-refractivity contribution is 7.47. The molecule has 3 N–H and O–H groups in total. The monoisotopic (exact) mass is 1080 g/mol. The molecule has 75 heavy (non-hydrogen) atoms. The fourth-order valence-corrected chi connectivity index (χ4v) is 10.7. The van der Waals surface area contributed by atoms with E-state index >= 15 is 0 Å². The van der Waals surface area contributed by atoms with Crippen molar-refractivity contribution in [2.24, 2.45) is 0 Å². The molecule has 0 fully saturated rings. The summed E-state index contributed by atoms with van der Waals surface area (Å²) in [7, 11) is 1.56. The Morgan fingerprint density at radius 2 is 0.733 bits per heavy atom. The molecule has 1 amide bonds. The van der Waals surface area contributed by atoms with Gasteiger partial charge in [-0.05, 0) is 44.9 Å². The van der Waals surface area contributed by atoms with E-state index in [1.165, 1.54) is 263 Å². The lowest BCUT2D eigenvalue weighted by molar-refractivity contribution is -0.870. The molecule has 0 rings (SSSR count). The van der Waals surface area contributed by atoms with Gasteiger partial charge in [0.15, 0.2) is 0 Å². The highest BCUT2D eigenvalue weighted by atomic mass is 31.2. The summed E-state index contributed by atoms with van der Waals surface area (Å²) in [4.78, 5) is 23.4. The SMILES string of the molecule is CCCCCCCCCCCCCCCCC/C=C/CC/C=C/CC/C=C/C(O)C(COP(=O)(O)OCC[N+](C)(C)C)NC(=O)CCCCCCCCCCCCCCCCCCCCCCCCCCCCCC. The second kappa shape index (κ2) is 57.4. The van der Waals surface area contributed by atoms with E-state index in [9.17, 15) is 19.4 Å². The number of hydrogen-bond acceptors (Lipinski definition) is 5. The van der Waals surface area contributed by atoms with Gasteiger partial charge in [-0.25, -0.2) is 4.57 Å². The minimum absolute atomic E-state index is 0.0553. The Kier molecular flexibility index (Phi) is 56.4. The van der Waals surface area contributed by atoms with Crippen molar-refractivity contribution in [2.45, 2.75) is 341 Å². The number of amides is 1. The van der Waals surface area contributed by atoms with Crippen LogP contribution < -0.4 is 5.32 Å². The fourth-order valence-electron chi connectivity index (χ4n) is 9.96. The van der Waals surface area contributed by atoms with Gasteiger partial charge >= 0.3 is 7.82 Å². The molecule has 0 saturated carbocycles. The number of carbonyl (C=O) groups is 1. The summed E-state index contributed by atoms with van der Waals surface area (Å²) >= 11 is 0. The molecule has 0 aliphatic rings. The average Bonchev–Trinajstić information content (AvgIpc) is 3.37. The Balaban J connectivity index is 4.15. The minimum Gasteiger partial charge on any atom is -0.387 e. The summed E-state index contributed by atoms with van der Waals surface area (Å²) in [5, 5.41) is 14.0. The molecular formula is C66H130N2O6P+. The van der Waals surface area contributed by atoms with Crippen molar-refractivity contribution in [3.05, 3.63) is 36.5 Å². The molecule has 9 heteroatoms. The van der Waals surface area contributed by atoms with Gasteiger partial charge in [-0.15, -0.1) is 0 Å². The van der Waals surface area contributed by atoms with Gasteiger partial charge in [-0.1, -0.05) is 314 Å². The van der Waals surface area contributed by atoms with Crippen LogP contribution in [0, 0.1) is 0 Å². The van der Waals surface area contributed by atoms with Crippen LogP contribution in [0.5, 0.6) is 0 Å². The maximum absolute atomic E-state index is 13.0. The van der Waals surface area contributed by atoms with Crippen LogP contribution >= 0.6 is 7.82 Å². The van der Waals surface area contributed by atoms with Gasteiger partial charge in [0.25, 0.3) is 0 Å². The molecule has 0 saturated heterocycles.